The number of hydrogen-bond donors (Lipinski definition) is 2. The first-order valence-electron chi connectivity index (χ1n) is 7.17. The van der Waals surface area contributed by atoms with Crippen molar-refractivity contribution in [2.45, 2.75) is 26.2 Å². The smallest absolute Gasteiger partial charge is 0.306 e. The fourth-order valence-electron chi connectivity index (χ4n) is 2.08. The van der Waals surface area contributed by atoms with E-state index in [-0.39, 0.29) is 5.91 Å². The van der Waals surface area contributed by atoms with Crippen molar-refractivity contribution in [1.82, 2.24) is 0 Å². The number of thiophene rings is 1. The van der Waals surface area contributed by atoms with Gasteiger partial charge in [0.1, 0.15) is 0 Å². The molecule has 0 aliphatic carbocycles. The number of benzene rings is 1. The fourth-order valence-corrected chi connectivity index (χ4v) is 2.78. The van der Waals surface area contributed by atoms with Crippen molar-refractivity contribution in [3.63, 3.8) is 0 Å². The highest BCUT2D eigenvalue weighted by molar-refractivity contribution is 7.07. The third kappa shape index (κ3) is 5.00. The molecule has 0 saturated heterocycles. The van der Waals surface area contributed by atoms with Crippen LogP contribution in [0.5, 0.6) is 0 Å². The molecule has 4 nitrogen and oxygen atoms in total. The van der Waals surface area contributed by atoms with E-state index in [1.165, 1.54) is 5.56 Å². The maximum atomic E-state index is 11.9. The highest BCUT2D eigenvalue weighted by Crippen LogP contribution is 2.14. The van der Waals surface area contributed by atoms with Crippen molar-refractivity contribution in [2.75, 3.05) is 5.32 Å². The van der Waals surface area contributed by atoms with E-state index < -0.39 is 11.9 Å². The average molecular weight is 317 g/mol. The van der Waals surface area contributed by atoms with Crippen LogP contribution >= 0.6 is 11.3 Å². The molecule has 0 radical (unpaired) electrons. The number of nitrogens with one attached hydrogen (secondary N) is 1. The van der Waals surface area contributed by atoms with E-state index in [9.17, 15) is 9.59 Å². The number of aliphatic carboxylic acids is 1. The number of amides is 1. The van der Waals surface area contributed by atoms with Crippen LogP contribution in [0.15, 0.2) is 41.1 Å². The summed E-state index contributed by atoms with van der Waals surface area (Å²) >= 11 is 1.63. The quantitative estimate of drug-likeness (QED) is 0.820. The van der Waals surface area contributed by atoms with Crippen molar-refractivity contribution < 1.29 is 14.7 Å². The van der Waals surface area contributed by atoms with Crippen LogP contribution in [0.4, 0.5) is 5.69 Å². The third-order valence-electron chi connectivity index (χ3n) is 3.42. The largest absolute Gasteiger partial charge is 0.481 e. The second-order valence-electron chi connectivity index (χ2n) is 5.32. The Morgan fingerprint density at radius 3 is 2.50 bits per heavy atom. The Labute approximate surface area is 133 Å². The minimum atomic E-state index is -0.800. The predicted octanol–water partition coefficient (Wildman–Crippen LogP) is 3.58. The lowest BCUT2D eigenvalue weighted by molar-refractivity contribution is -0.141. The molecule has 0 spiro atoms. The van der Waals surface area contributed by atoms with Gasteiger partial charge in [0.15, 0.2) is 0 Å². The van der Waals surface area contributed by atoms with Gasteiger partial charge in [-0.25, -0.2) is 0 Å². The Morgan fingerprint density at radius 1 is 1.18 bits per heavy atom. The van der Waals surface area contributed by atoms with Gasteiger partial charge in [0.25, 0.3) is 0 Å². The molecule has 0 bridgehead atoms. The number of carboxylic acid groups (broad SMARTS) is 1. The molecule has 1 atom stereocenters. The molecule has 0 saturated carbocycles. The van der Waals surface area contributed by atoms with Crippen molar-refractivity contribution >= 4 is 28.9 Å². The number of carbonyl (C=O) groups excluding carboxylic acids is 1. The van der Waals surface area contributed by atoms with Gasteiger partial charge in [-0.05, 0) is 52.9 Å². The number of anilines is 1. The van der Waals surface area contributed by atoms with Gasteiger partial charge in [0, 0.05) is 12.1 Å². The van der Waals surface area contributed by atoms with E-state index in [4.69, 9.17) is 5.11 Å². The molecule has 0 aliphatic heterocycles. The summed E-state index contributed by atoms with van der Waals surface area (Å²) in [7, 11) is 0. The summed E-state index contributed by atoms with van der Waals surface area (Å²) in [4.78, 5) is 22.7. The van der Waals surface area contributed by atoms with E-state index in [1.54, 1.807) is 18.3 Å². The van der Waals surface area contributed by atoms with Crippen molar-refractivity contribution in [2.24, 2.45) is 5.92 Å². The molecule has 2 N–H and O–H groups in total. The van der Waals surface area contributed by atoms with Crippen LogP contribution in [0.2, 0.25) is 0 Å². The molecule has 1 amide bonds. The van der Waals surface area contributed by atoms with E-state index >= 15 is 0 Å². The maximum Gasteiger partial charge on any atom is 0.306 e. The number of aryl methyl sites for hydroxylation is 1. The lowest BCUT2D eigenvalue weighted by atomic mass is 10.0. The van der Waals surface area contributed by atoms with Gasteiger partial charge < -0.3 is 10.4 Å². The van der Waals surface area contributed by atoms with Crippen molar-refractivity contribution in [3.8, 4) is 0 Å². The monoisotopic (exact) mass is 317 g/mol. The summed E-state index contributed by atoms with van der Waals surface area (Å²) in [6.45, 7) is 1.68. The van der Waals surface area contributed by atoms with Crippen LogP contribution in [0.3, 0.4) is 0 Å². The second-order valence-corrected chi connectivity index (χ2v) is 6.10. The first kappa shape index (κ1) is 16.2. The molecule has 0 fully saturated rings. The van der Waals surface area contributed by atoms with Crippen LogP contribution in [0, 0.1) is 5.92 Å². The summed E-state index contributed by atoms with van der Waals surface area (Å²) in [5.41, 5.74) is 2.87. The zero-order valence-electron chi connectivity index (χ0n) is 12.4. The number of carbonyl (C=O) groups is 2. The Bertz CT molecular complexity index is 620. The van der Waals surface area contributed by atoms with E-state index in [2.05, 4.69) is 5.32 Å². The summed E-state index contributed by atoms with van der Waals surface area (Å²) in [6, 6.07) is 9.36. The van der Waals surface area contributed by atoms with Crippen molar-refractivity contribution in [1.29, 1.82) is 0 Å². The van der Waals surface area contributed by atoms with Crippen LogP contribution in [-0.4, -0.2) is 17.0 Å². The van der Waals surface area contributed by atoms with Crippen LogP contribution in [-0.2, 0) is 22.4 Å². The predicted molar refractivity (Wildman–Crippen MR) is 88.2 cm³/mol. The van der Waals surface area contributed by atoms with Crippen LogP contribution in [0.1, 0.15) is 24.5 Å². The van der Waals surface area contributed by atoms with Gasteiger partial charge >= 0.3 is 5.97 Å². The molecular weight excluding hydrogens is 298 g/mol. The topological polar surface area (TPSA) is 66.4 Å². The van der Waals surface area contributed by atoms with Crippen LogP contribution in [0.25, 0.3) is 0 Å². The normalized spacial score (nSPS) is 11.9. The van der Waals surface area contributed by atoms with E-state index in [0.29, 0.717) is 12.8 Å². The fraction of sp³-hybridized carbons (Fsp3) is 0.294. The number of rotatable bonds is 7. The molecule has 2 rings (SSSR count). The molecule has 1 unspecified atom stereocenters. The first-order valence-corrected chi connectivity index (χ1v) is 8.11. The minimum absolute atomic E-state index is 0.0159. The molecule has 22 heavy (non-hydrogen) atoms. The lowest BCUT2D eigenvalue weighted by Gasteiger charge is -2.08. The Kier molecular flexibility index (Phi) is 5.72. The Hall–Kier alpha value is -2.14. The third-order valence-corrected chi connectivity index (χ3v) is 4.15. The second kappa shape index (κ2) is 7.75. The van der Waals surface area contributed by atoms with Gasteiger partial charge in [0.2, 0.25) is 5.91 Å². The summed E-state index contributed by atoms with van der Waals surface area (Å²) in [6.07, 6.45) is 1.68. The van der Waals surface area contributed by atoms with E-state index in [0.717, 1.165) is 17.7 Å². The first-order chi connectivity index (χ1) is 10.5. The zero-order valence-corrected chi connectivity index (χ0v) is 13.2. The zero-order chi connectivity index (χ0) is 15.9. The van der Waals surface area contributed by atoms with Gasteiger partial charge in [-0.3, -0.25) is 9.59 Å². The van der Waals surface area contributed by atoms with Gasteiger partial charge in [-0.2, -0.15) is 11.3 Å². The standard InChI is InChI=1S/C17H19NO3S/c1-12(17(20)21)10-13-2-5-15(6-3-13)18-16(19)7-4-14-8-9-22-11-14/h2-3,5-6,8-9,11-12H,4,7,10H2,1H3,(H,18,19)(H,20,21). The number of hydrogen-bond acceptors (Lipinski definition) is 3. The molecular formula is C17H19NO3S. The maximum absolute atomic E-state index is 11.9. The SMILES string of the molecule is CC(Cc1ccc(NC(=O)CCc2ccsc2)cc1)C(=O)O. The van der Waals surface area contributed by atoms with Gasteiger partial charge in [-0.15, -0.1) is 0 Å². The molecule has 116 valence electrons. The van der Waals surface area contributed by atoms with Gasteiger partial charge in [-0.1, -0.05) is 19.1 Å². The highest BCUT2D eigenvalue weighted by Gasteiger charge is 2.11. The Balaban J connectivity index is 1.82. The lowest BCUT2D eigenvalue weighted by Crippen LogP contribution is -2.13. The minimum Gasteiger partial charge on any atom is -0.481 e. The summed E-state index contributed by atoms with van der Waals surface area (Å²) in [5, 5.41) is 15.8. The average Bonchev–Trinajstić information content (AvgIpc) is 3.00. The summed E-state index contributed by atoms with van der Waals surface area (Å²) < 4.78 is 0. The van der Waals surface area contributed by atoms with Crippen LogP contribution < -0.4 is 5.32 Å². The molecule has 1 aromatic carbocycles. The molecule has 2 aromatic rings. The number of carboxylic acids is 1. The molecule has 5 heteroatoms. The molecule has 0 aliphatic rings. The summed E-state index contributed by atoms with van der Waals surface area (Å²) in [5.74, 6) is -1.23. The van der Waals surface area contributed by atoms with Gasteiger partial charge in [0.05, 0.1) is 5.92 Å². The molecule has 1 heterocycles. The highest BCUT2D eigenvalue weighted by atomic mass is 32.1. The van der Waals surface area contributed by atoms with Crippen molar-refractivity contribution in [3.05, 3.63) is 52.2 Å². The Morgan fingerprint density at radius 2 is 1.91 bits per heavy atom. The van der Waals surface area contributed by atoms with E-state index in [1.807, 2.05) is 41.1 Å². The molecule has 1 aromatic heterocycles.